The van der Waals surface area contributed by atoms with Crippen LogP contribution < -0.4 is 14.9 Å². The van der Waals surface area contributed by atoms with Crippen LogP contribution in [0.1, 0.15) is 16.1 Å². The van der Waals surface area contributed by atoms with Gasteiger partial charge in [-0.3, -0.25) is 4.79 Å². The summed E-state index contributed by atoms with van der Waals surface area (Å²) in [5.74, 6) is -4.18. The summed E-state index contributed by atoms with van der Waals surface area (Å²) in [6, 6.07) is 1.01. The molecule has 1 aromatic heterocycles. The molecule has 2 aromatic rings. The summed E-state index contributed by atoms with van der Waals surface area (Å²) < 4.78 is 80.1. The van der Waals surface area contributed by atoms with Crippen molar-refractivity contribution in [3.05, 3.63) is 45.6 Å². The zero-order chi connectivity index (χ0) is 20.1. The number of aromatic nitrogens is 2. The van der Waals surface area contributed by atoms with E-state index in [0.717, 1.165) is 13.3 Å². The number of halogens is 5. The normalized spacial score (nSPS) is 16.7. The predicted octanol–water partition coefficient (Wildman–Crippen LogP) is 2.42. The van der Waals surface area contributed by atoms with E-state index in [-0.39, 0.29) is 5.56 Å². The smallest absolute Gasteiger partial charge is 0.464 e. The van der Waals surface area contributed by atoms with Gasteiger partial charge in [-0.15, -0.1) is 0 Å². The Labute approximate surface area is 146 Å². The van der Waals surface area contributed by atoms with Gasteiger partial charge in [-0.25, -0.2) is 13.9 Å². The Kier molecular flexibility index (Phi) is 4.08. The number of rotatable bonds is 2. The van der Waals surface area contributed by atoms with E-state index in [0.29, 0.717) is 16.8 Å². The number of benzene rings is 1. The topological polar surface area (TPSA) is 79.7 Å². The van der Waals surface area contributed by atoms with Gasteiger partial charge in [-0.2, -0.15) is 22.7 Å². The van der Waals surface area contributed by atoms with Crippen molar-refractivity contribution in [1.29, 1.82) is 0 Å². The third-order valence-corrected chi connectivity index (χ3v) is 3.55. The van der Waals surface area contributed by atoms with Crippen molar-refractivity contribution in [2.24, 2.45) is 0 Å². The fourth-order valence-electron chi connectivity index (χ4n) is 2.22. The van der Waals surface area contributed by atoms with Crippen molar-refractivity contribution in [1.82, 2.24) is 9.78 Å². The zero-order valence-electron chi connectivity index (χ0n) is 13.6. The lowest BCUT2D eigenvalue weighted by molar-refractivity contribution is -0.391. The Bertz CT molecular complexity index is 1000. The lowest BCUT2D eigenvalue weighted by Gasteiger charge is -2.32. The highest BCUT2D eigenvalue weighted by Crippen LogP contribution is 2.47. The van der Waals surface area contributed by atoms with Crippen LogP contribution in [-0.4, -0.2) is 35.1 Å². The minimum absolute atomic E-state index is 0.0449. The molecule has 0 spiro atoms. The fourth-order valence-corrected chi connectivity index (χ4v) is 2.22. The van der Waals surface area contributed by atoms with Crippen LogP contribution >= 0.6 is 0 Å². The summed E-state index contributed by atoms with van der Waals surface area (Å²) in [4.78, 5) is 23.6. The van der Waals surface area contributed by atoms with Gasteiger partial charge in [0.15, 0.2) is 17.3 Å². The molecule has 1 aliphatic heterocycles. The Morgan fingerprint density at radius 3 is 2.26 bits per heavy atom. The van der Waals surface area contributed by atoms with E-state index < -0.39 is 52.3 Å². The maximum atomic E-state index is 14.3. The van der Waals surface area contributed by atoms with Gasteiger partial charge >= 0.3 is 18.2 Å². The number of hydrogen-bond donors (Lipinski definition) is 0. The molecule has 144 valence electrons. The predicted molar refractivity (Wildman–Crippen MR) is 77.0 cm³/mol. The molecule has 3 rings (SSSR count). The van der Waals surface area contributed by atoms with Crippen LogP contribution in [-0.2, 0) is 4.74 Å². The molecule has 0 unspecified atom stereocenters. The number of esters is 1. The monoisotopic (exact) mass is 392 g/mol. The average molecular weight is 392 g/mol. The summed E-state index contributed by atoms with van der Waals surface area (Å²) >= 11 is 0. The summed E-state index contributed by atoms with van der Waals surface area (Å²) in [5.41, 5.74) is -2.09. The molecule has 0 radical (unpaired) electrons. The number of aryl methyl sites for hydroxylation is 1. The van der Waals surface area contributed by atoms with Crippen molar-refractivity contribution in [2.75, 3.05) is 7.11 Å². The zero-order valence-corrected chi connectivity index (χ0v) is 13.6. The van der Waals surface area contributed by atoms with E-state index >= 15 is 0 Å². The van der Waals surface area contributed by atoms with Crippen LogP contribution in [0.3, 0.4) is 0 Å². The quantitative estimate of drug-likeness (QED) is 0.577. The number of carbonyl (C=O) groups is 1. The summed E-state index contributed by atoms with van der Waals surface area (Å²) in [6.45, 7) is 1.29. The van der Waals surface area contributed by atoms with E-state index in [1.807, 2.05) is 0 Å². The van der Waals surface area contributed by atoms with Crippen LogP contribution in [0.4, 0.5) is 22.0 Å². The van der Waals surface area contributed by atoms with Gasteiger partial charge in [0.05, 0.1) is 7.11 Å². The Morgan fingerprint density at radius 1 is 1.15 bits per heavy atom. The van der Waals surface area contributed by atoms with Gasteiger partial charge in [0.2, 0.25) is 11.1 Å². The molecule has 7 nitrogen and oxygen atoms in total. The molecule has 0 amide bonds. The number of alkyl halides is 4. The van der Waals surface area contributed by atoms with Crippen molar-refractivity contribution < 1.29 is 41.0 Å². The third-order valence-electron chi connectivity index (χ3n) is 3.55. The molecule has 0 atom stereocenters. The van der Waals surface area contributed by atoms with Crippen molar-refractivity contribution >= 4 is 5.97 Å². The lowest BCUT2D eigenvalue weighted by Crippen LogP contribution is -2.52. The second-order valence-corrected chi connectivity index (χ2v) is 5.41. The molecule has 0 N–H and O–H groups in total. The third kappa shape index (κ3) is 2.96. The molecule has 2 heterocycles. The fraction of sp³-hybridized carbons (Fsp3) is 0.267. The highest BCUT2D eigenvalue weighted by Gasteiger charge is 2.66. The highest BCUT2D eigenvalue weighted by molar-refractivity contribution is 5.87. The van der Waals surface area contributed by atoms with Gasteiger partial charge in [-0.1, -0.05) is 0 Å². The van der Waals surface area contributed by atoms with Crippen molar-refractivity contribution in [3.8, 4) is 17.2 Å². The molecule has 0 saturated heterocycles. The Morgan fingerprint density at radius 2 is 1.70 bits per heavy atom. The highest BCUT2D eigenvalue weighted by atomic mass is 19.3. The first-order valence-corrected chi connectivity index (χ1v) is 7.13. The standard InChI is InChI=1S/C15H9F5N2O5/c1-6-5-22(21-11(12(6)23)13(24)25-2)8-4-10-9(3-7(8)16)26-14(17,18)15(19,20)27-10/h3-5H,1-2H3. The lowest BCUT2D eigenvalue weighted by atomic mass is 10.2. The van der Waals surface area contributed by atoms with E-state index in [2.05, 4.69) is 19.3 Å². The minimum Gasteiger partial charge on any atom is -0.464 e. The molecular formula is C15H9F5N2O5. The number of hydrogen-bond acceptors (Lipinski definition) is 6. The summed E-state index contributed by atoms with van der Waals surface area (Å²) in [7, 11) is 0.989. The molecule has 0 bridgehead atoms. The summed E-state index contributed by atoms with van der Waals surface area (Å²) in [5, 5.41) is 3.61. The first kappa shape index (κ1) is 18.6. The molecule has 1 aromatic carbocycles. The van der Waals surface area contributed by atoms with Gasteiger partial charge in [0.1, 0.15) is 5.69 Å². The molecule has 27 heavy (non-hydrogen) atoms. The van der Waals surface area contributed by atoms with E-state index in [1.165, 1.54) is 6.92 Å². The van der Waals surface area contributed by atoms with Crippen molar-refractivity contribution in [2.45, 2.75) is 19.1 Å². The van der Waals surface area contributed by atoms with Crippen LogP contribution in [0, 0.1) is 12.7 Å². The number of methoxy groups -OCH3 is 1. The number of nitrogens with zero attached hydrogens (tertiary/aromatic N) is 2. The van der Waals surface area contributed by atoms with E-state index in [9.17, 15) is 31.5 Å². The van der Waals surface area contributed by atoms with Gasteiger partial charge in [0, 0.05) is 23.9 Å². The molecule has 1 aliphatic rings. The number of ether oxygens (including phenoxy) is 3. The number of fused-ring (bicyclic) bond motifs is 1. The largest absolute Gasteiger partial charge is 0.507 e. The van der Waals surface area contributed by atoms with Gasteiger partial charge in [-0.05, 0) is 6.92 Å². The van der Waals surface area contributed by atoms with Gasteiger partial charge in [0.25, 0.3) is 0 Å². The van der Waals surface area contributed by atoms with Crippen LogP contribution in [0.2, 0.25) is 0 Å². The maximum Gasteiger partial charge on any atom is 0.507 e. The molecule has 12 heteroatoms. The SMILES string of the molecule is COC(=O)c1nn(-c2cc3c(cc2F)OC(F)(F)C(F)(F)O3)cc(C)c1=O. The van der Waals surface area contributed by atoms with Crippen LogP contribution in [0.5, 0.6) is 11.5 Å². The summed E-state index contributed by atoms with van der Waals surface area (Å²) in [6.07, 6.45) is -8.99. The maximum absolute atomic E-state index is 14.3. The van der Waals surface area contributed by atoms with E-state index in [4.69, 9.17) is 0 Å². The average Bonchev–Trinajstić information content (AvgIpc) is 2.57. The van der Waals surface area contributed by atoms with Crippen LogP contribution in [0.25, 0.3) is 5.69 Å². The van der Waals surface area contributed by atoms with Gasteiger partial charge < -0.3 is 14.2 Å². The second-order valence-electron chi connectivity index (χ2n) is 5.41. The van der Waals surface area contributed by atoms with Crippen molar-refractivity contribution in [3.63, 3.8) is 0 Å². The second kappa shape index (κ2) is 5.93. The number of carbonyl (C=O) groups excluding carboxylic acids is 1. The Hall–Kier alpha value is -3.18. The first-order chi connectivity index (χ1) is 12.5. The van der Waals surface area contributed by atoms with E-state index in [1.54, 1.807) is 0 Å². The Balaban J connectivity index is 2.17. The molecule has 0 fully saturated rings. The molecule has 0 saturated carbocycles. The molecule has 0 aliphatic carbocycles. The minimum atomic E-state index is -5.00. The first-order valence-electron chi connectivity index (χ1n) is 7.13. The van der Waals surface area contributed by atoms with Crippen LogP contribution in [0.15, 0.2) is 23.1 Å². The molecular weight excluding hydrogens is 383 g/mol.